The highest BCUT2D eigenvalue weighted by Crippen LogP contribution is 2.29. The van der Waals surface area contributed by atoms with Crippen LogP contribution in [0.25, 0.3) is 0 Å². The number of carbonyl (C=O) groups is 1. The summed E-state index contributed by atoms with van der Waals surface area (Å²) in [6.07, 6.45) is 3.26. The lowest BCUT2D eigenvalue weighted by Gasteiger charge is -2.32. The Labute approximate surface area is 114 Å². The molecule has 3 atom stereocenters. The van der Waals surface area contributed by atoms with Gasteiger partial charge in [-0.3, -0.25) is 4.79 Å². The summed E-state index contributed by atoms with van der Waals surface area (Å²) in [5, 5.41) is 3.07. The molecule has 1 aliphatic carbocycles. The van der Waals surface area contributed by atoms with Crippen molar-refractivity contribution in [1.82, 2.24) is 10.3 Å². The number of nitrogens with zero attached hydrogens (tertiary/aromatic N) is 1. The van der Waals surface area contributed by atoms with Crippen LogP contribution in [0.3, 0.4) is 0 Å². The van der Waals surface area contributed by atoms with Crippen LogP contribution >= 0.6 is 0 Å². The van der Waals surface area contributed by atoms with Crippen molar-refractivity contribution < 1.29 is 4.79 Å². The van der Waals surface area contributed by atoms with Crippen molar-refractivity contribution in [1.29, 1.82) is 0 Å². The summed E-state index contributed by atoms with van der Waals surface area (Å²) in [6.45, 7) is 4.53. The summed E-state index contributed by atoms with van der Waals surface area (Å²) in [7, 11) is 0. The number of pyridine rings is 1. The largest absolute Gasteiger partial charge is 0.348 e. The number of hydrazine groups is 1. The second kappa shape index (κ2) is 6.02. The first-order chi connectivity index (χ1) is 9.10. The number of hydrogen-bond acceptors (Lipinski definition) is 4. The van der Waals surface area contributed by atoms with E-state index in [2.05, 4.69) is 29.6 Å². The van der Waals surface area contributed by atoms with Crippen molar-refractivity contribution in [3.63, 3.8) is 0 Å². The zero-order chi connectivity index (χ0) is 13.8. The molecule has 1 aliphatic rings. The third kappa shape index (κ3) is 3.44. The number of anilines is 1. The number of nitrogens with one attached hydrogen (secondary N) is 2. The molecule has 0 spiro atoms. The fourth-order valence-corrected chi connectivity index (χ4v) is 2.58. The molecular weight excluding hydrogens is 240 g/mol. The van der Waals surface area contributed by atoms with Gasteiger partial charge in [-0.25, -0.2) is 10.8 Å². The van der Waals surface area contributed by atoms with Crippen LogP contribution in [0.15, 0.2) is 18.2 Å². The van der Waals surface area contributed by atoms with Crippen LogP contribution in [0.5, 0.6) is 0 Å². The molecular formula is C14H22N4O. The first-order valence-electron chi connectivity index (χ1n) is 6.84. The van der Waals surface area contributed by atoms with Gasteiger partial charge >= 0.3 is 0 Å². The smallest absolute Gasteiger partial charge is 0.270 e. The number of aromatic nitrogens is 1. The number of nitrogens with two attached hydrogens (primary N) is 1. The van der Waals surface area contributed by atoms with Gasteiger partial charge in [0.2, 0.25) is 0 Å². The molecule has 1 fully saturated rings. The summed E-state index contributed by atoms with van der Waals surface area (Å²) in [6, 6.07) is 5.45. The predicted octanol–water partition coefficient (Wildman–Crippen LogP) is 1.92. The van der Waals surface area contributed by atoms with E-state index >= 15 is 0 Å². The van der Waals surface area contributed by atoms with Crippen molar-refractivity contribution in [2.75, 3.05) is 5.43 Å². The molecule has 4 N–H and O–H groups in total. The molecule has 5 heteroatoms. The van der Waals surface area contributed by atoms with Crippen LogP contribution < -0.4 is 16.6 Å². The number of amides is 1. The molecule has 1 saturated carbocycles. The number of carbonyl (C=O) groups excluding carboxylic acids is 1. The predicted molar refractivity (Wildman–Crippen MR) is 75.5 cm³/mol. The molecule has 19 heavy (non-hydrogen) atoms. The van der Waals surface area contributed by atoms with E-state index in [1.165, 1.54) is 6.42 Å². The van der Waals surface area contributed by atoms with Crippen LogP contribution in [0.2, 0.25) is 0 Å². The first kappa shape index (κ1) is 13.8. The minimum Gasteiger partial charge on any atom is -0.348 e. The summed E-state index contributed by atoms with van der Waals surface area (Å²) < 4.78 is 0. The van der Waals surface area contributed by atoms with Gasteiger partial charge in [0.25, 0.3) is 5.91 Å². The number of hydrogen-bond donors (Lipinski definition) is 3. The SMILES string of the molecule is CC1CCC(NC(=O)c2cccc(NN)n2)CC1C. The Bertz CT molecular complexity index is 449. The topological polar surface area (TPSA) is 80.0 Å². The molecule has 2 rings (SSSR count). The fourth-order valence-electron chi connectivity index (χ4n) is 2.58. The molecule has 0 saturated heterocycles. The van der Waals surface area contributed by atoms with Crippen LogP contribution in [0.1, 0.15) is 43.6 Å². The van der Waals surface area contributed by atoms with Gasteiger partial charge in [-0.1, -0.05) is 19.9 Å². The van der Waals surface area contributed by atoms with Crippen molar-refractivity contribution >= 4 is 11.7 Å². The molecule has 1 aromatic rings. The second-order valence-electron chi connectivity index (χ2n) is 5.49. The minimum atomic E-state index is -0.121. The Kier molecular flexibility index (Phi) is 4.37. The van der Waals surface area contributed by atoms with E-state index in [-0.39, 0.29) is 11.9 Å². The molecule has 5 nitrogen and oxygen atoms in total. The normalized spacial score (nSPS) is 26.8. The Morgan fingerprint density at radius 3 is 2.79 bits per heavy atom. The summed E-state index contributed by atoms with van der Waals surface area (Å²) in [5.41, 5.74) is 2.85. The Balaban J connectivity index is 1.97. The van der Waals surface area contributed by atoms with E-state index < -0.39 is 0 Å². The van der Waals surface area contributed by atoms with E-state index in [0.717, 1.165) is 18.8 Å². The molecule has 0 aromatic carbocycles. The van der Waals surface area contributed by atoms with E-state index in [4.69, 9.17) is 5.84 Å². The van der Waals surface area contributed by atoms with Crippen molar-refractivity contribution in [2.45, 2.75) is 39.2 Å². The molecule has 1 amide bonds. The Morgan fingerprint density at radius 2 is 2.11 bits per heavy atom. The lowest BCUT2D eigenvalue weighted by molar-refractivity contribution is 0.0905. The highest BCUT2D eigenvalue weighted by molar-refractivity contribution is 5.92. The second-order valence-corrected chi connectivity index (χ2v) is 5.49. The molecule has 1 aromatic heterocycles. The van der Waals surface area contributed by atoms with E-state index in [1.807, 2.05) is 0 Å². The zero-order valence-electron chi connectivity index (χ0n) is 11.5. The van der Waals surface area contributed by atoms with Gasteiger partial charge in [0, 0.05) is 6.04 Å². The van der Waals surface area contributed by atoms with Gasteiger partial charge in [-0.2, -0.15) is 0 Å². The summed E-state index contributed by atoms with van der Waals surface area (Å²) in [4.78, 5) is 16.3. The van der Waals surface area contributed by atoms with E-state index in [9.17, 15) is 4.79 Å². The van der Waals surface area contributed by atoms with Gasteiger partial charge in [-0.05, 0) is 43.2 Å². The number of rotatable bonds is 3. The molecule has 1 heterocycles. The summed E-state index contributed by atoms with van der Waals surface area (Å²) >= 11 is 0. The van der Waals surface area contributed by atoms with Gasteiger partial charge in [-0.15, -0.1) is 0 Å². The molecule has 0 bridgehead atoms. The summed E-state index contributed by atoms with van der Waals surface area (Å²) in [5.74, 6) is 7.07. The van der Waals surface area contributed by atoms with Crippen LogP contribution in [0, 0.1) is 11.8 Å². The van der Waals surface area contributed by atoms with Crippen LogP contribution in [-0.2, 0) is 0 Å². The van der Waals surface area contributed by atoms with Gasteiger partial charge in [0.05, 0.1) is 0 Å². The quantitative estimate of drug-likeness (QED) is 0.574. The maximum absolute atomic E-state index is 12.1. The monoisotopic (exact) mass is 262 g/mol. The molecule has 0 aliphatic heterocycles. The minimum absolute atomic E-state index is 0.121. The van der Waals surface area contributed by atoms with E-state index in [1.54, 1.807) is 18.2 Å². The van der Waals surface area contributed by atoms with Crippen LogP contribution in [-0.4, -0.2) is 16.9 Å². The Morgan fingerprint density at radius 1 is 1.32 bits per heavy atom. The maximum atomic E-state index is 12.1. The van der Waals surface area contributed by atoms with Crippen LogP contribution in [0.4, 0.5) is 5.82 Å². The third-order valence-corrected chi connectivity index (χ3v) is 4.06. The molecule has 0 radical (unpaired) electrons. The van der Waals surface area contributed by atoms with E-state index in [0.29, 0.717) is 17.4 Å². The highest BCUT2D eigenvalue weighted by Gasteiger charge is 2.26. The molecule has 104 valence electrons. The van der Waals surface area contributed by atoms with Crippen molar-refractivity contribution in [2.24, 2.45) is 17.7 Å². The lowest BCUT2D eigenvalue weighted by Crippen LogP contribution is -2.40. The first-order valence-corrected chi connectivity index (χ1v) is 6.84. The van der Waals surface area contributed by atoms with Crippen molar-refractivity contribution in [3.05, 3.63) is 23.9 Å². The molecule has 3 unspecified atom stereocenters. The average Bonchev–Trinajstić information content (AvgIpc) is 2.43. The third-order valence-electron chi connectivity index (χ3n) is 4.06. The fraction of sp³-hybridized carbons (Fsp3) is 0.571. The maximum Gasteiger partial charge on any atom is 0.270 e. The van der Waals surface area contributed by atoms with Crippen molar-refractivity contribution in [3.8, 4) is 0 Å². The highest BCUT2D eigenvalue weighted by atomic mass is 16.1. The Hall–Kier alpha value is -1.62. The zero-order valence-corrected chi connectivity index (χ0v) is 11.5. The van der Waals surface area contributed by atoms with Gasteiger partial charge < -0.3 is 10.7 Å². The van der Waals surface area contributed by atoms with Gasteiger partial charge in [0.1, 0.15) is 11.5 Å². The number of nitrogen functional groups attached to an aromatic ring is 1. The standard InChI is InChI=1S/C14H22N4O/c1-9-6-7-11(8-10(9)2)16-14(19)12-4-3-5-13(17-12)18-15/h3-5,9-11H,6-8,15H2,1-2H3,(H,16,19)(H,17,18). The average molecular weight is 262 g/mol. The van der Waals surface area contributed by atoms with Gasteiger partial charge in [0.15, 0.2) is 0 Å². The lowest BCUT2D eigenvalue weighted by atomic mass is 9.79.